The average Bonchev–Trinajstić information content (AvgIpc) is 3.04. The SMILES string of the molecule is COc1cc(Br)c(C2(CN)CC2)c(F)c1O. The molecule has 1 saturated carbocycles. The summed E-state index contributed by atoms with van der Waals surface area (Å²) in [6.07, 6.45) is 1.70. The standard InChI is InChI=1S/C11H13BrFNO2/c1-16-7-4-6(12)8(9(13)10(7)15)11(5-14)2-3-11/h4,15H,2-3,5,14H2,1H3. The third-order valence-corrected chi connectivity index (χ3v) is 3.78. The Kier molecular flexibility index (Phi) is 2.84. The highest BCUT2D eigenvalue weighted by Gasteiger charge is 2.47. The van der Waals surface area contributed by atoms with Crippen molar-refractivity contribution >= 4 is 15.9 Å². The van der Waals surface area contributed by atoms with E-state index < -0.39 is 11.6 Å². The first-order chi connectivity index (χ1) is 7.55. The van der Waals surface area contributed by atoms with Crippen LogP contribution in [0.3, 0.4) is 0 Å². The Balaban J connectivity index is 2.59. The van der Waals surface area contributed by atoms with Gasteiger partial charge < -0.3 is 15.6 Å². The molecule has 0 atom stereocenters. The maximum atomic E-state index is 14.0. The van der Waals surface area contributed by atoms with E-state index in [0.29, 0.717) is 16.6 Å². The molecule has 5 heteroatoms. The van der Waals surface area contributed by atoms with Gasteiger partial charge in [0.2, 0.25) is 0 Å². The van der Waals surface area contributed by atoms with E-state index in [2.05, 4.69) is 15.9 Å². The zero-order valence-corrected chi connectivity index (χ0v) is 10.5. The topological polar surface area (TPSA) is 55.5 Å². The number of phenolic OH excluding ortho intramolecular Hbond substituents is 1. The van der Waals surface area contributed by atoms with E-state index in [1.54, 1.807) is 6.07 Å². The van der Waals surface area contributed by atoms with Gasteiger partial charge >= 0.3 is 0 Å². The number of hydrogen-bond donors (Lipinski definition) is 2. The summed E-state index contributed by atoms with van der Waals surface area (Å²) in [7, 11) is 1.39. The third-order valence-electron chi connectivity index (χ3n) is 3.15. The van der Waals surface area contributed by atoms with E-state index in [9.17, 15) is 9.50 Å². The fraction of sp³-hybridized carbons (Fsp3) is 0.455. The molecule has 1 fully saturated rings. The number of methoxy groups -OCH3 is 1. The Morgan fingerprint density at radius 3 is 2.69 bits per heavy atom. The molecule has 1 aliphatic carbocycles. The van der Waals surface area contributed by atoms with Crippen LogP contribution in [-0.2, 0) is 5.41 Å². The predicted octanol–water partition coefficient (Wildman–Crippen LogP) is 2.29. The number of rotatable bonds is 3. The number of phenols is 1. The average molecular weight is 290 g/mol. The van der Waals surface area contributed by atoms with Crippen LogP contribution in [-0.4, -0.2) is 18.8 Å². The molecule has 0 heterocycles. The van der Waals surface area contributed by atoms with Gasteiger partial charge in [-0.2, -0.15) is 0 Å². The molecule has 0 aromatic heterocycles. The summed E-state index contributed by atoms with van der Waals surface area (Å²) in [5.74, 6) is -0.949. The molecule has 3 N–H and O–H groups in total. The number of halogens is 2. The molecular formula is C11H13BrFNO2. The molecule has 0 unspecified atom stereocenters. The molecule has 1 aromatic carbocycles. The van der Waals surface area contributed by atoms with E-state index in [1.165, 1.54) is 7.11 Å². The molecule has 2 rings (SSSR count). The molecule has 0 bridgehead atoms. The second-order valence-corrected chi connectivity index (χ2v) is 4.94. The van der Waals surface area contributed by atoms with Gasteiger partial charge in [-0.15, -0.1) is 0 Å². The summed E-state index contributed by atoms with van der Waals surface area (Å²) in [6.45, 7) is 0.383. The molecule has 0 aliphatic heterocycles. The number of benzene rings is 1. The van der Waals surface area contributed by atoms with Crippen molar-refractivity contribution in [3.8, 4) is 11.5 Å². The van der Waals surface area contributed by atoms with Crippen molar-refractivity contribution in [1.82, 2.24) is 0 Å². The summed E-state index contributed by atoms with van der Waals surface area (Å²) >= 11 is 3.30. The minimum Gasteiger partial charge on any atom is -0.502 e. The van der Waals surface area contributed by atoms with Gasteiger partial charge in [0.25, 0.3) is 0 Å². The highest BCUT2D eigenvalue weighted by Crippen LogP contribution is 2.53. The van der Waals surface area contributed by atoms with Crippen molar-refractivity contribution in [2.45, 2.75) is 18.3 Å². The van der Waals surface area contributed by atoms with Crippen molar-refractivity contribution < 1.29 is 14.2 Å². The smallest absolute Gasteiger partial charge is 0.194 e. The van der Waals surface area contributed by atoms with Crippen molar-refractivity contribution in [3.05, 3.63) is 21.9 Å². The van der Waals surface area contributed by atoms with Crippen molar-refractivity contribution in [1.29, 1.82) is 0 Å². The van der Waals surface area contributed by atoms with E-state index in [-0.39, 0.29) is 11.2 Å². The van der Waals surface area contributed by atoms with Crippen molar-refractivity contribution in [2.24, 2.45) is 5.73 Å². The summed E-state index contributed by atoms with van der Waals surface area (Å²) < 4.78 is 19.5. The third kappa shape index (κ3) is 1.58. The number of nitrogens with two attached hydrogens (primary N) is 1. The molecule has 16 heavy (non-hydrogen) atoms. The van der Waals surface area contributed by atoms with Gasteiger partial charge in [0.1, 0.15) is 0 Å². The first kappa shape index (κ1) is 11.7. The lowest BCUT2D eigenvalue weighted by molar-refractivity contribution is 0.353. The zero-order chi connectivity index (χ0) is 11.9. The molecule has 0 amide bonds. The van der Waals surface area contributed by atoms with Crippen LogP contribution >= 0.6 is 15.9 Å². The molecular weight excluding hydrogens is 277 g/mol. The van der Waals surface area contributed by atoms with Crippen LogP contribution in [0.5, 0.6) is 11.5 Å². The highest BCUT2D eigenvalue weighted by molar-refractivity contribution is 9.10. The Bertz CT molecular complexity index is 432. The Morgan fingerprint density at radius 1 is 1.62 bits per heavy atom. The minimum absolute atomic E-state index is 0.126. The molecule has 0 spiro atoms. The van der Waals surface area contributed by atoms with Gasteiger partial charge in [0, 0.05) is 22.0 Å². The van der Waals surface area contributed by atoms with E-state index in [0.717, 1.165) is 12.8 Å². The molecule has 3 nitrogen and oxygen atoms in total. The van der Waals surface area contributed by atoms with E-state index >= 15 is 0 Å². The summed E-state index contributed by atoms with van der Waals surface area (Å²) in [6, 6.07) is 1.57. The predicted molar refractivity (Wildman–Crippen MR) is 62.3 cm³/mol. The van der Waals surface area contributed by atoms with E-state index in [4.69, 9.17) is 10.5 Å². The number of aromatic hydroxyl groups is 1. The van der Waals surface area contributed by atoms with Crippen LogP contribution in [0, 0.1) is 5.82 Å². The van der Waals surface area contributed by atoms with Crippen molar-refractivity contribution in [2.75, 3.05) is 13.7 Å². The lowest BCUT2D eigenvalue weighted by Crippen LogP contribution is -2.21. The summed E-state index contributed by atoms with van der Waals surface area (Å²) in [4.78, 5) is 0. The summed E-state index contributed by atoms with van der Waals surface area (Å²) in [5.41, 5.74) is 5.81. The van der Waals surface area contributed by atoms with Crippen LogP contribution < -0.4 is 10.5 Å². The van der Waals surface area contributed by atoms with Crippen LogP contribution in [0.1, 0.15) is 18.4 Å². The molecule has 0 saturated heterocycles. The van der Waals surface area contributed by atoms with Gasteiger partial charge in [-0.25, -0.2) is 4.39 Å². The Labute approximate surface area is 102 Å². The first-order valence-corrected chi connectivity index (χ1v) is 5.80. The second-order valence-electron chi connectivity index (χ2n) is 4.08. The maximum absolute atomic E-state index is 14.0. The van der Waals surface area contributed by atoms with E-state index in [1.807, 2.05) is 0 Å². The second kappa shape index (κ2) is 3.89. The first-order valence-electron chi connectivity index (χ1n) is 5.01. The monoisotopic (exact) mass is 289 g/mol. The fourth-order valence-electron chi connectivity index (χ4n) is 1.94. The van der Waals surface area contributed by atoms with Gasteiger partial charge in [-0.05, 0) is 18.9 Å². The lowest BCUT2D eigenvalue weighted by atomic mass is 9.95. The van der Waals surface area contributed by atoms with Crippen LogP contribution in [0.25, 0.3) is 0 Å². The lowest BCUT2D eigenvalue weighted by Gasteiger charge is -2.18. The molecule has 1 aromatic rings. The quantitative estimate of drug-likeness (QED) is 0.898. The number of hydrogen-bond acceptors (Lipinski definition) is 3. The van der Waals surface area contributed by atoms with Gasteiger partial charge in [-0.1, -0.05) is 15.9 Å². The Morgan fingerprint density at radius 2 is 2.25 bits per heavy atom. The largest absolute Gasteiger partial charge is 0.502 e. The normalized spacial score (nSPS) is 17.2. The maximum Gasteiger partial charge on any atom is 0.194 e. The van der Waals surface area contributed by atoms with Crippen LogP contribution in [0.4, 0.5) is 4.39 Å². The minimum atomic E-state index is -0.630. The molecule has 88 valence electrons. The van der Waals surface area contributed by atoms with Crippen LogP contribution in [0.15, 0.2) is 10.5 Å². The Hall–Kier alpha value is -0.810. The molecule has 0 radical (unpaired) electrons. The van der Waals surface area contributed by atoms with Crippen molar-refractivity contribution in [3.63, 3.8) is 0 Å². The summed E-state index contributed by atoms with van der Waals surface area (Å²) in [5, 5.41) is 9.63. The van der Waals surface area contributed by atoms with Gasteiger partial charge in [0.15, 0.2) is 17.3 Å². The highest BCUT2D eigenvalue weighted by atomic mass is 79.9. The van der Waals surface area contributed by atoms with Gasteiger partial charge in [0.05, 0.1) is 7.11 Å². The van der Waals surface area contributed by atoms with Gasteiger partial charge in [-0.3, -0.25) is 0 Å². The molecule has 1 aliphatic rings. The van der Waals surface area contributed by atoms with Crippen LogP contribution in [0.2, 0.25) is 0 Å². The fourth-order valence-corrected chi connectivity index (χ4v) is 2.74. The zero-order valence-electron chi connectivity index (χ0n) is 8.89. The number of ether oxygens (including phenoxy) is 1.